The Bertz CT molecular complexity index is 116. The highest BCUT2D eigenvalue weighted by molar-refractivity contribution is 5.14. The molecule has 0 saturated heterocycles. The van der Waals surface area contributed by atoms with Crippen molar-refractivity contribution in [1.29, 1.82) is 0 Å². The molecule has 0 N–H and O–H groups in total. The Kier molecular flexibility index (Phi) is 2.92. The molecule has 0 aromatic carbocycles. The van der Waals surface area contributed by atoms with Gasteiger partial charge in [-0.15, -0.1) is 0 Å². The van der Waals surface area contributed by atoms with Gasteiger partial charge >= 0.3 is 0 Å². The van der Waals surface area contributed by atoms with Crippen LogP contribution in [0.5, 0.6) is 0 Å². The molecule has 0 aliphatic carbocycles. The summed E-state index contributed by atoms with van der Waals surface area (Å²) < 4.78 is 16.5. The minimum absolute atomic E-state index is 0.199. The Morgan fingerprint density at radius 3 is 2.25 bits per heavy atom. The Hall–Kier alpha value is -0.790. The van der Waals surface area contributed by atoms with Crippen LogP contribution in [0.2, 0.25) is 0 Å². The van der Waals surface area contributed by atoms with E-state index in [1.807, 2.05) is 0 Å². The zero-order valence-corrected chi connectivity index (χ0v) is 5.07. The molecule has 2 heteroatoms. The van der Waals surface area contributed by atoms with E-state index >= 15 is 0 Å². The molecule has 0 fully saturated rings. The lowest BCUT2D eigenvalue weighted by Crippen LogP contribution is -1.83. The van der Waals surface area contributed by atoms with E-state index in [9.17, 15) is 4.39 Å². The molecular weight excluding hydrogens is 107 g/mol. The van der Waals surface area contributed by atoms with Crippen molar-refractivity contribution in [2.24, 2.45) is 0 Å². The molecule has 0 aromatic heterocycles. The van der Waals surface area contributed by atoms with E-state index in [-0.39, 0.29) is 5.76 Å². The zero-order chi connectivity index (χ0) is 6.57. The third kappa shape index (κ3) is 1.78. The highest BCUT2D eigenvalue weighted by atomic mass is 19.1. The molecule has 0 saturated carbocycles. The molecule has 0 radical (unpaired) electrons. The Morgan fingerprint density at radius 2 is 2.25 bits per heavy atom. The van der Waals surface area contributed by atoms with E-state index in [2.05, 4.69) is 11.3 Å². The highest BCUT2D eigenvalue weighted by Gasteiger charge is 1.95. The van der Waals surface area contributed by atoms with Gasteiger partial charge in [0.1, 0.15) is 5.76 Å². The zero-order valence-electron chi connectivity index (χ0n) is 5.07. The number of hydrogen-bond donors (Lipinski definition) is 0. The lowest BCUT2D eigenvalue weighted by Gasteiger charge is -1.97. The lowest BCUT2D eigenvalue weighted by atomic mass is 10.4. The molecule has 0 aliphatic heterocycles. The second kappa shape index (κ2) is 3.24. The van der Waals surface area contributed by atoms with Crippen molar-refractivity contribution >= 4 is 0 Å². The van der Waals surface area contributed by atoms with Crippen LogP contribution in [0.4, 0.5) is 4.39 Å². The number of ether oxygens (including phenoxy) is 1. The fourth-order valence-electron chi connectivity index (χ4n) is 0.385. The molecule has 1 nitrogen and oxygen atoms in total. The van der Waals surface area contributed by atoms with Gasteiger partial charge in [0.2, 0.25) is 0 Å². The molecule has 8 heavy (non-hydrogen) atoms. The summed E-state index contributed by atoms with van der Waals surface area (Å²) in [5, 5.41) is 0. The molecule has 0 bridgehead atoms. The van der Waals surface area contributed by atoms with Crippen molar-refractivity contribution in [2.75, 3.05) is 7.11 Å². The van der Waals surface area contributed by atoms with Gasteiger partial charge in [0.15, 0.2) is 5.83 Å². The van der Waals surface area contributed by atoms with E-state index in [1.165, 1.54) is 13.2 Å². The second-order valence-corrected chi connectivity index (χ2v) is 1.26. The molecule has 0 atom stereocenters. The lowest BCUT2D eigenvalue weighted by molar-refractivity contribution is 0.283. The number of hydrogen-bond acceptors (Lipinski definition) is 1. The van der Waals surface area contributed by atoms with Crippen LogP contribution in [0.15, 0.2) is 24.2 Å². The van der Waals surface area contributed by atoms with E-state index < -0.39 is 5.83 Å². The maximum atomic E-state index is 12.0. The van der Waals surface area contributed by atoms with E-state index in [4.69, 9.17) is 0 Å². The van der Waals surface area contributed by atoms with Crippen LogP contribution in [0.3, 0.4) is 0 Å². The van der Waals surface area contributed by atoms with E-state index in [1.54, 1.807) is 6.92 Å². The first kappa shape index (κ1) is 7.21. The van der Waals surface area contributed by atoms with Gasteiger partial charge in [0.25, 0.3) is 0 Å². The molecule has 0 spiro atoms. The Labute approximate surface area is 48.5 Å². The van der Waals surface area contributed by atoms with Crippen LogP contribution in [0.25, 0.3) is 0 Å². The third-order valence-electron chi connectivity index (χ3n) is 0.749. The normalized spacial score (nSPS) is 11.1. The van der Waals surface area contributed by atoms with Gasteiger partial charge in [-0.1, -0.05) is 6.58 Å². The highest BCUT2D eigenvalue weighted by Crippen LogP contribution is 2.07. The average Bonchev–Trinajstić information content (AvgIpc) is 1.69. The SMILES string of the molecule is C=C(F)/C(=C/C)OC. The summed E-state index contributed by atoms with van der Waals surface area (Å²) in [6.07, 6.45) is 1.52. The number of methoxy groups -OCH3 is 1. The number of rotatable bonds is 2. The third-order valence-corrected chi connectivity index (χ3v) is 0.749. The van der Waals surface area contributed by atoms with Crippen molar-refractivity contribution < 1.29 is 9.13 Å². The van der Waals surface area contributed by atoms with Gasteiger partial charge in [-0.25, -0.2) is 4.39 Å². The Balaban J connectivity index is 3.92. The fourth-order valence-corrected chi connectivity index (χ4v) is 0.385. The van der Waals surface area contributed by atoms with E-state index in [0.717, 1.165) is 0 Å². The summed E-state index contributed by atoms with van der Waals surface area (Å²) in [5.41, 5.74) is 0. The van der Waals surface area contributed by atoms with Crippen LogP contribution in [-0.2, 0) is 4.74 Å². The molecule has 0 aromatic rings. The topological polar surface area (TPSA) is 9.23 Å². The van der Waals surface area contributed by atoms with Crippen LogP contribution in [-0.4, -0.2) is 7.11 Å². The average molecular weight is 116 g/mol. The van der Waals surface area contributed by atoms with Crippen LogP contribution >= 0.6 is 0 Å². The molecule has 46 valence electrons. The molecule has 0 aliphatic rings. The van der Waals surface area contributed by atoms with Gasteiger partial charge in [-0.05, 0) is 13.0 Å². The minimum atomic E-state index is -0.532. The van der Waals surface area contributed by atoms with Crippen molar-refractivity contribution in [3.63, 3.8) is 0 Å². The van der Waals surface area contributed by atoms with Gasteiger partial charge < -0.3 is 4.74 Å². The van der Waals surface area contributed by atoms with Crippen molar-refractivity contribution in [3.8, 4) is 0 Å². The summed E-state index contributed by atoms with van der Waals surface area (Å²) in [6.45, 7) is 4.72. The van der Waals surface area contributed by atoms with Gasteiger partial charge in [-0.2, -0.15) is 0 Å². The predicted molar refractivity (Wildman–Crippen MR) is 31.0 cm³/mol. The Morgan fingerprint density at radius 1 is 1.75 bits per heavy atom. The quantitative estimate of drug-likeness (QED) is 0.396. The summed E-state index contributed by atoms with van der Waals surface area (Å²) in [5.74, 6) is -0.333. The maximum Gasteiger partial charge on any atom is 0.157 e. The molecule has 0 heterocycles. The summed E-state index contributed by atoms with van der Waals surface area (Å²) in [4.78, 5) is 0. The van der Waals surface area contributed by atoms with Crippen molar-refractivity contribution in [1.82, 2.24) is 0 Å². The van der Waals surface area contributed by atoms with Gasteiger partial charge in [-0.3, -0.25) is 0 Å². The molecule has 0 amide bonds. The van der Waals surface area contributed by atoms with Gasteiger partial charge in [0, 0.05) is 0 Å². The van der Waals surface area contributed by atoms with Crippen LogP contribution in [0, 0.1) is 0 Å². The van der Waals surface area contributed by atoms with Crippen molar-refractivity contribution in [2.45, 2.75) is 6.92 Å². The summed E-state index contributed by atoms with van der Waals surface area (Å²) in [7, 11) is 1.40. The maximum absolute atomic E-state index is 12.0. The second-order valence-electron chi connectivity index (χ2n) is 1.26. The summed E-state index contributed by atoms with van der Waals surface area (Å²) >= 11 is 0. The minimum Gasteiger partial charge on any atom is -0.494 e. The first-order valence-corrected chi connectivity index (χ1v) is 2.27. The van der Waals surface area contributed by atoms with Crippen molar-refractivity contribution in [3.05, 3.63) is 24.2 Å². The first-order valence-electron chi connectivity index (χ1n) is 2.27. The standard InChI is InChI=1S/C6H9FO/c1-4-6(8-3)5(2)7/h4H,2H2,1,3H3/b6-4-. The predicted octanol–water partition coefficient (Wildman–Crippen LogP) is 2.02. The van der Waals surface area contributed by atoms with Gasteiger partial charge in [0.05, 0.1) is 7.11 Å². The molecular formula is C6H9FO. The first-order chi connectivity index (χ1) is 3.72. The number of halogens is 1. The molecule has 0 rings (SSSR count). The summed E-state index contributed by atoms with van der Waals surface area (Å²) in [6, 6.07) is 0. The van der Waals surface area contributed by atoms with Crippen LogP contribution in [0.1, 0.15) is 6.92 Å². The monoisotopic (exact) mass is 116 g/mol. The molecule has 0 unspecified atom stereocenters. The fraction of sp³-hybridized carbons (Fsp3) is 0.333. The largest absolute Gasteiger partial charge is 0.494 e. The smallest absolute Gasteiger partial charge is 0.157 e. The van der Waals surface area contributed by atoms with Crippen LogP contribution < -0.4 is 0 Å². The van der Waals surface area contributed by atoms with E-state index in [0.29, 0.717) is 0 Å². The number of allylic oxidation sites excluding steroid dienone is 2.